The molecule has 2 aromatic rings. The number of hydrogen-bond acceptors (Lipinski definition) is 5. The first-order chi connectivity index (χ1) is 10.7. The summed E-state index contributed by atoms with van der Waals surface area (Å²) >= 11 is 16.7. The first kappa shape index (κ1) is 19.1. The Kier molecular flexibility index (Phi) is 7.15. The SMILES string of the molecule is CC(=O)OCn1c(C(=O)O)nc(Cl)c1Cl.Nc1ccc(Cl)cc1. The molecule has 0 radical (unpaired) electrons. The van der Waals surface area contributed by atoms with E-state index in [1.54, 1.807) is 24.3 Å². The minimum Gasteiger partial charge on any atom is -0.475 e. The van der Waals surface area contributed by atoms with Crippen molar-refractivity contribution < 1.29 is 19.4 Å². The molecule has 0 amide bonds. The summed E-state index contributed by atoms with van der Waals surface area (Å²) in [6.45, 7) is 0.850. The van der Waals surface area contributed by atoms with Crippen LogP contribution in [0, 0.1) is 0 Å². The third-order valence-electron chi connectivity index (χ3n) is 2.33. The lowest BCUT2D eigenvalue weighted by atomic mass is 10.3. The molecule has 0 unspecified atom stereocenters. The molecule has 1 aromatic heterocycles. The average molecular weight is 381 g/mol. The van der Waals surface area contributed by atoms with E-state index in [-0.39, 0.29) is 22.9 Å². The number of imidazole rings is 1. The Labute approximate surface area is 146 Å². The highest BCUT2D eigenvalue weighted by Gasteiger charge is 2.19. The van der Waals surface area contributed by atoms with Gasteiger partial charge in [-0.1, -0.05) is 34.8 Å². The van der Waals surface area contributed by atoms with Gasteiger partial charge in [0.2, 0.25) is 5.82 Å². The summed E-state index contributed by atoms with van der Waals surface area (Å²) < 4.78 is 5.57. The zero-order valence-electron chi connectivity index (χ0n) is 11.8. The van der Waals surface area contributed by atoms with Crippen LogP contribution in [0.3, 0.4) is 0 Å². The highest BCUT2D eigenvalue weighted by molar-refractivity contribution is 6.40. The van der Waals surface area contributed by atoms with Gasteiger partial charge in [-0.25, -0.2) is 9.78 Å². The third-order valence-corrected chi connectivity index (χ3v) is 3.32. The van der Waals surface area contributed by atoms with E-state index in [0.717, 1.165) is 15.3 Å². The summed E-state index contributed by atoms with van der Waals surface area (Å²) in [7, 11) is 0. The lowest BCUT2D eigenvalue weighted by molar-refractivity contribution is -0.144. The molecular formula is C13H12Cl3N3O4. The maximum atomic E-state index is 10.7. The highest BCUT2D eigenvalue weighted by atomic mass is 35.5. The first-order valence-corrected chi connectivity index (χ1v) is 7.15. The topological polar surface area (TPSA) is 107 Å². The number of nitrogen functional groups attached to an aromatic ring is 1. The molecule has 23 heavy (non-hydrogen) atoms. The number of anilines is 1. The van der Waals surface area contributed by atoms with Gasteiger partial charge in [0, 0.05) is 17.6 Å². The van der Waals surface area contributed by atoms with E-state index in [1.165, 1.54) is 6.92 Å². The van der Waals surface area contributed by atoms with Crippen molar-refractivity contribution in [2.45, 2.75) is 13.7 Å². The molecule has 3 N–H and O–H groups in total. The van der Waals surface area contributed by atoms with Crippen molar-refractivity contribution in [1.29, 1.82) is 0 Å². The second-order valence-electron chi connectivity index (χ2n) is 4.07. The van der Waals surface area contributed by atoms with Crippen LogP contribution in [-0.4, -0.2) is 26.6 Å². The molecule has 0 bridgehead atoms. The van der Waals surface area contributed by atoms with E-state index >= 15 is 0 Å². The Bertz CT molecular complexity index is 680. The number of hydrogen-bond donors (Lipinski definition) is 2. The van der Waals surface area contributed by atoms with E-state index in [9.17, 15) is 9.59 Å². The van der Waals surface area contributed by atoms with Crippen LogP contribution in [0.15, 0.2) is 24.3 Å². The van der Waals surface area contributed by atoms with Gasteiger partial charge in [-0.05, 0) is 24.3 Å². The second kappa shape index (κ2) is 8.61. The largest absolute Gasteiger partial charge is 0.475 e. The maximum Gasteiger partial charge on any atom is 0.372 e. The van der Waals surface area contributed by atoms with Crippen molar-refractivity contribution >= 4 is 52.4 Å². The number of benzene rings is 1. The van der Waals surface area contributed by atoms with Crippen LogP contribution in [0.2, 0.25) is 15.3 Å². The molecule has 10 heteroatoms. The fourth-order valence-corrected chi connectivity index (χ4v) is 1.78. The molecule has 2 rings (SSSR count). The van der Waals surface area contributed by atoms with Crippen molar-refractivity contribution in [3.8, 4) is 0 Å². The Balaban J connectivity index is 0.000000277. The maximum absolute atomic E-state index is 10.7. The minimum absolute atomic E-state index is 0.0877. The highest BCUT2D eigenvalue weighted by Crippen LogP contribution is 2.22. The van der Waals surface area contributed by atoms with Gasteiger partial charge in [-0.2, -0.15) is 0 Å². The van der Waals surface area contributed by atoms with Crippen molar-refractivity contribution in [3.05, 3.63) is 45.4 Å². The molecular weight excluding hydrogens is 369 g/mol. The van der Waals surface area contributed by atoms with Crippen LogP contribution in [0.1, 0.15) is 17.5 Å². The average Bonchev–Trinajstić information content (AvgIpc) is 2.76. The number of ether oxygens (including phenoxy) is 1. The molecule has 1 heterocycles. The van der Waals surface area contributed by atoms with Crippen LogP contribution < -0.4 is 5.73 Å². The van der Waals surface area contributed by atoms with Gasteiger partial charge >= 0.3 is 11.9 Å². The summed E-state index contributed by atoms with van der Waals surface area (Å²) in [6.07, 6.45) is 0. The summed E-state index contributed by atoms with van der Waals surface area (Å²) in [6, 6.07) is 7.05. The van der Waals surface area contributed by atoms with Gasteiger partial charge in [0.05, 0.1) is 0 Å². The molecule has 124 valence electrons. The zero-order valence-corrected chi connectivity index (χ0v) is 14.1. The van der Waals surface area contributed by atoms with Gasteiger partial charge in [0.15, 0.2) is 17.0 Å². The Morgan fingerprint density at radius 1 is 1.26 bits per heavy atom. The van der Waals surface area contributed by atoms with E-state index < -0.39 is 11.9 Å². The molecule has 0 saturated heterocycles. The molecule has 0 saturated carbocycles. The fraction of sp³-hybridized carbons (Fsp3) is 0.154. The van der Waals surface area contributed by atoms with Crippen LogP contribution >= 0.6 is 34.8 Å². The third kappa shape index (κ3) is 5.97. The fourth-order valence-electron chi connectivity index (χ4n) is 1.30. The standard InChI is InChI=1S/C7H6Cl2N2O4.C6H6ClN/c1-3(12)15-2-11-5(9)4(8)10-6(11)7(13)14;7-5-1-3-6(8)4-2-5/h2H2,1H3,(H,13,14);1-4H,8H2. The lowest BCUT2D eigenvalue weighted by Gasteiger charge is -2.05. The number of carboxylic acid groups (broad SMARTS) is 1. The second-order valence-corrected chi connectivity index (χ2v) is 5.22. The molecule has 1 aromatic carbocycles. The van der Waals surface area contributed by atoms with Crippen LogP contribution in [0.5, 0.6) is 0 Å². The zero-order chi connectivity index (χ0) is 17.6. The number of halogens is 3. The lowest BCUT2D eigenvalue weighted by Crippen LogP contribution is -2.13. The summed E-state index contributed by atoms with van der Waals surface area (Å²) in [5, 5.41) is 9.21. The monoisotopic (exact) mass is 379 g/mol. The normalized spacial score (nSPS) is 9.74. The van der Waals surface area contributed by atoms with E-state index in [1.807, 2.05) is 0 Å². The number of carbonyl (C=O) groups is 2. The minimum atomic E-state index is -1.31. The Morgan fingerprint density at radius 2 is 1.83 bits per heavy atom. The van der Waals surface area contributed by atoms with Gasteiger partial charge in [-0.3, -0.25) is 9.36 Å². The first-order valence-electron chi connectivity index (χ1n) is 6.01. The number of esters is 1. The van der Waals surface area contributed by atoms with Crippen LogP contribution in [-0.2, 0) is 16.3 Å². The number of rotatable bonds is 3. The molecule has 0 atom stereocenters. The predicted octanol–water partition coefficient (Wildman–Crippen LogP) is 3.33. The smallest absolute Gasteiger partial charge is 0.372 e. The number of aromatic nitrogens is 2. The van der Waals surface area contributed by atoms with Crippen molar-refractivity contribution in [2.24, 2.45) is 0 Å². The quantitative estimate of drug-likeness (QED) is 0.624. The van der Waals surface area contributed by atoms with Crippen molar-refractivity contribution in [1.82, 2.24) is 9.55 Å². The molecule has 0 aliphatic rings. The number of carboxylic acids is 1. The van der Waals surface area contributed by atoms with Crippen molar-refractivity contribution in [2.75, 3.05) is 5.73 Å². The summed E-state index contributed by atoms with van der Waals surface area (Å²) in [5.74, 6) is -2.26. The molecule has 0 aliphatic heterocycles. The van der Waals surface area contributed by atoms with E-state index in [4.69, 9.17) is 45.6 Å². The van der Waals surface area contributed by atoms with E-state index in [0.29, 0.717) is 0 Å². The van der Waals surface area contributed by atoms with Gasteiger partial charge < -0.3 is 15.6 Å². The Morgan fingerprint density at radius 3 is 2.26 bits per heavy atom. The number of nitrogens with two attached hydrogens (primary N) is 1. The van der Waals surface area contributed by atoms with Gasteiger partial charge in [0.25, 0.3) is 0 Å². The number of carbonyl (C=O) groups excluding carboxylic acids is 1. The molecule has 0 aliphatic carbocycles. The van der Waals surface area contributed by atoms with Gasteiger partial charge in [0.1, 0.15) is 0 Å². The van der Waals surface area contributed by atoms with Crippen molar-refractivity contribution in [3.63, 3.8) is 0 Å². The molecule has 7 nitrogen and oxygen atoms in total. The Hall–Kier alpha value is -1.96. The number of aromatic carboxylic acids is 1. The number of nitrogens with zero attached hydrogens (tertiary/aromatic N) is 2. The summed E-state index contributed by atoms with van der Waals surface area (Å²) in [4.78, 5) is 24.7. The van der Waals surface area contributed by atoms with Crippen LogP contribution in [0.25, 0.3) is 0 Å². The summed E-state index contributed by atoms with van der Waals surface area (Å²) in [5.41, 5.74) is 6.11. The van der Waals surface area contributed by atoms with Crippen LogP contribution in [0.4, 0.5) is 5.69 Å². The predicted molar refractivity (Wildman–Crippen MR) is 86.8 cm³/mol. The van der Waals surface area contributed by atoms with E-state index in [2.05, 4.69) is 9.72 Å². The molecule has 0 spiro atoms. The van der Waals surface area contributed by atoms with Gasteiger partial charge in [-0.15, -0.1) is 0 Å². The molecule has 0 fully saturated rings.